The number of rotatable bonds is 6. The largest absolute Gasteiger partial charge is 0.383 e. The van der Waals surface area contributed by atoms with Gasteiger partial charge in [-0.3, -0.25) is 9.59 Å². The molecule has 0 aromatic carbocycles. The Labute approximate surface area is 145 Å². The third kappa shape index (κ3) is 4.73. The van der Waals surface area contributed by atoms with Gasteiger partial charge in [0.1, 0.15) is 5.82 Å². The molecule has 1 aromatic heterocycles. The summed E-state index contributed by atoms with van der Waals surface area (Å²) in [5.74, 6) is 0.125. The predicted molar refractivity (Wildman–Crippen MR) is 93.7 cm³/mol. The second-order valence-electron chi connectivity index (χ2n) is 5.88. The molecule has 2 atom stereocenters. The topological polar surface area (TPSA) is 126 Å². The maximum Gasteiger partial charge on any atom is 0.253 e. The molecule has 0 radical (unpaired) electrons. The second kappa shape index (κ2) is 7.56. The van der Waals surface area contributed by atoms with Gasteiger partial charge in [0.2, 0.25) is 5.91 Å². The van der Waals surface area contributed by atoms with E-state index >= 15 is 0 Å². The third-order valence-corrected chi connectivity index (χ3v) is 6.64. The van der Waals surface area contributed by atoms with E-state index in [1.165, 1.54) is 6.07 Å². The summed E-state index contributed by atoms with van der Waals surface area (Å²) in [4.78, 5) is 32.2. The summed E-state index contributed by atoms with van der Waals surface area (Å²) >= 11 is 1.08. The Morgan fingerprint density at radius 2 is 2.29 bits per heavy atom. The quantitative estimate of drug-likeness (QED) is 0.540. The molecule has 0 saturated carbocycles. The molecule has 134 valence electrons. The number of carbonyl (C=O) groups is 1. The number of nitrogens with two attached hydrogens (primary N) is 1. The maximum absolute atomic E-state index is 12.6. The van der Waals surface area contributed by atoms with Crippen LogP contribution in [0.25, 0.3) is 0 Å². The van der Waals surface area contributed by atoms with Crippen LogP contribution >= 0.6 is 11.8 Å². The van der Waals surface area contributed by atoms with E-state index in [0.717, 1.165) is 18.2 Å². The molecule has 1 fully saturated rings. The number of aromatic nitrogens is 2. The van der Waals surface area contributed by atoms with Crippen molar-refractivity contribution in [3.63, 3.8) is 0 Å². The van der Waals surface area contributed by atoms with Crippen LogP contribution in [-0.4, -0.2) is 58.5 Å². The van der Waals surface area contributed by atoms with Crippen molar-refractivity contribution in [2.75, 3.05) is 23.0 Å². The molecule has 2 heterocycles. The van der Waals surface area contributed by atoms with Crippen molar-refractivity contribution in [2.45, 2.75) is 43.9 Å². The van der Waals surface area contributed by atoms with Crippen LogP contribution in [0, 0.1) is 0 Å². The van der Waals surface area contributed by atoms with Gasteiger partial charge in [-0.05, 0) is 19.8 Å². The Balaban J connectivity index is 2.09. The van der Waals surface area contributed by atoms with Gasteiger partial charge in [-0.25, -0.2) is 13.4 Å². The molecular weight excluding hydrogens is 352 g/mol. The zero-order chi connectivity index (χ0) is 17.9. The SMILES string of the molecule is CC[C@H](C)N(C(=O)CSc1nc(N)cc(=O)[nH]1)[C@H]1CCS(=O)(=O)C1. The van der Waals surface area contributed by atoms with Crippen LogP contribution in [0.5, 0.6) is 0 Å². The highest BCUT2D eigenvalue weighted by atomic mass is 32.2. The van der Waals surface area contributed by atoms with Gasteiger partial charge < -0.3 is 15.6 Å². The number of thioether (sulfide) groups is 1. The molecule has 1 aromatic rings. The van der Waals surface area contributed by atoms with Crippen LogP contribution in [0.2, 0.25) is 0 Å². The van der Waals surface area contributed by atoms with Gasteiger partial charge in [0.25, 0.3) is 5.56 Å². The molecule has 3 N–H and O–H groups in total. The van der Waals surface area contributed by atoms with Crippen LogP contribution in [0.4, 0.5) is 5.82 Å². The molecule has 1 amide bonds. The van der Waals surface area contributed by atoms with Crippen molar-refractivity contribution < 1.29 is 13.2 Å². The number of H-pyrrole nitrogens is 1. The molecule has 0 aliphatic carbocycles. The van der Waals surface area contributed by atoms with Gasteiger partial charge in [0.05, 0.1) is 17.3 Å². The first-order valence-electron chi connectivity index (χ1n) is 7.73. The Morgan fingerprint density at radius 3 is 2.83 bits per heavy atom. The van der Waals surface area contributed by atoms with Gasteiger partial charge in [0.15, 0.2) is 15.0 Å². The normalized spacial score (nSPS) is 20.7. The lowest BCUT2D eigenvalue weighted by Gasteiger charge is -2.33. The van der Waals surface area contributed by atoms with Crippen LogP contribution in [0.3, 0.4) is 0 Å². The van der Waals surface area contributed by atoms with E-state index in [0.29, 0.717) is 6.42 Å². The molecule has 1 aliphatic rings. The van der Waals surface area contributed by atoms with Gasteiger partial charge >= 0.3 is 0 Å². The molecule has 0 unspecified atom stereocenters. The average Bonchev–Trinajstić information content (AvgIpc) is 2.84. The molecule has 2 rings (SSSR count). The summed E-state index contributed by atoms with van der Waals surface area (Å²) in [7, 11) is -3.07. The van der Waals surface area contributed by atoms with Gasteiger partial charge in [-0.1, -0.05) is 18.7 Å². The Kier molecular flexibility index (Phi) is 5.92. The molecular formula is C14H22N4O4S2. The fourth-order valence-corrected chi connectivity index (χ4v) is 5.19. The van der Waals surface area contributed by atoms with Gasteiger partial charge in [-0.15, -0.1) is 0 Å². The summed E-state index contributed by atoms with van der Waals surface area (Å²) in [5, 5.41) is 0.275. The molecule has 0 bridgehead atoms. The summed E-state index contributed by atoms with van der Waals surface area (Å²) in [6.45, 7) is 3.87. The summed E-state index contributed by atoms with van der Waals surface area (Å²) in [5.41, 5.74) is 5.14. The van der Waals surface area contributed by atoms with Crippen LogP contribution in [0.15, 0.2) is 16.0 Å². The highest BCUT2D eigenvalue weighted by Crippen LogP contribution is 2.23. The van der Waals surface area contributed by atoms with Crippen LogP contribution in [-0.2, 0) is 14.6 Å². The van der Waals surface area contributed by atoms with Gasteiger partial charge in [0, 0.05) is 18.2 Å². The number of nitrogen functional groups attached to an aromatic ring is 1. The van der Waals surface area contributed by atoms with Crippen molar-refractivity contribution in [2.24, 2.45) is 0 Å². The number of anilines is 1. The zero-order valence-electron chi connectivity index (χ0n) is 13.7. The van der Waals surface area contributed by atoms with E-state index < -0.39 is 9.84 Å². The Morgan fingerprint density at radius 1 is 1.58 bits per heavy atom. The van der Waals surface area contributed by atoms with Crippen molar-refractivity contribution in [1.82, 2.24) is 14.9 Å². The van der Waals surface area contributed by atoms with E-state index in [1.54, 1.807) is 4.90 Å². The highest BCUT2D eigenvalue weighted by molar-refractivity contribution is 7.99. The number of sulfone groups is 1. The number of carbonyl (C=O) groups excluding carboxylic acids is 1. The first-order valence-corrected chi connectivity index (χ1v) is 10.5. The fourth-order valence-electron chi connectivity index (χ4n) is 2.73. The Bertz CT molecular complexity index is 762. The van der Waals surface area contributed by atoms with Crippen molar-refractivity contribution in [3.8, 4) is 0 Å². The first-order chi connectivity index (χ1) is 11.2. The van der Waals surface area contributed by atoms with E-state index in [1.807, 2.05) is 13.8 Å². The van der Waals surface area contributed by atoms with Crippen molar-refractivity contribution in [3.05, 3.63) is 16.4 Å². The second-order valence-corrected chi connectivity index (χ2v) is 9.07. The number of amides is 1. The lowest BCUT2D eigenvalue weighted by Crippen LogP contribution is -2.47. The molecule has 1 aliphatic heterocycles. The molecule has 24 heavy (non-hydrogen) atoms. The minimum atomic E-state index is -3.07. The maximum atomic E-state index is 12.6. The van der Waals surface area contributed by atoms with Crippen molar-refractivity contribution >= 4 is 33.3 Å². The number of hydrogen-bond donors (Lipinski definition) is 2. The first kappa shape index (κ1) is 18.8. The fraction of sp³-hybridized carbons (Fsp3) is 0.643. The van der Waals surface area contributed by atoms with Crippen molar-refractivity contribution in [1.29, 1.82) is 0 Å². The minimum absolute atomic E-state index is 0.0150. The summed E-state index contributed by atoms with van der Waals surface area (Å²) in [6.07, 6.45) is 1.21. The van der Waals surface area contributed by atoms with Gasteiger partial charge in [-0.2, -0.15) is 0 Å². The lowest BCUT2D eigenvalue weighted by atomic mass is 10.1. The zero-order valence-corrected chi connectivity index (χ0v) is 15.3. The van der Waals surface area contributed by atoms with E-state index in [9.17, 15) is 18.0 Å². The number of hydrogen-bond acceptors (Lipinski definition) is 7. The number of aromatic amines is 1. The minimum Gasteiger partial charge on any atom is -0.383 e. The van der Waals surface area contributed by atoms with E-state index in [-0.39, 0.29) is 51.8 Å². The molecule has 8 nitrogen and oxygen atoms in total. The smallest absolute Gasteiger partial charge is 0.253 e. The average molecular weight is 374 g/mol. The number of nitrogens with one attached hydrogen (secondary N) is 1. The van der Waals surface area contributed by atoms with E-state index in [4.69, 9.17) is 5.73 Å². The van der Waals surface area contributed by atoms with Crippen LogP contribution < -0.4 is 11.3 Å². The monoisotopic (exact) mass is 374 g/mol. The highest BCUT2D eigenvalue weighted by Gasteiger charge is 2.36. The third-order valence-electron chi connectivity index (χ3n) is 4.03. The standard InChI is InChI=1S/C14H22N4O4S2/c1-3-9(2)18(10-4-5-24(21,22)8-10)13(20)7-23-14-16-11(15)6-12(19)17-14/h6,9-10H,3-5,7-8H2,1-2H3,(H3,15,16,17,19)/t9-,10-/m0/s1. The molecule has 10 heteroatoms. The van der Waals surface area contributed by atoms with Crippen LogP contribution in [0.1, 0.15) is 26.7 Å². The molecule has 1 saturated heterocycles. The van der Waals surface area contributed by atoms with E-state index in [2.05, 4.69) is 9.97 Å². The lowest BCUT2D eigenvalue weighted by molar-refractivity contribution is -0.132. The molecule has 0 spiro atoms. The summed E-state index contributed by atoms with van der Waals surface area (Å²) < 4.78 is 23.5. The number of nitrogens with zero attached hydrogens (tertiary/aromatic N) is 2. The predicted octanol–water partition coefficient (Wildman–Crippen LogP) is 0.258. The Hall–Kier alpha value is -1.55. The summed E-state index contributed by atoms with van der Waals surface area (Å²) in [6, 6.07) is 0.830.